The molecule has 0 N–H and O–H groups in total. The largest absolute Gasteiger partial charge is 0.306 e. The third-order valence-electron chi connectivity index (χ3n) is 32.3. The minimum atomic E-state index is -2.59. The van der Waals surface area contributed by atoms with Crippen molar-refractivity contribution in [1.29, 1.82) is 0 Å². The molecular weight excluding hydrogens is 1870 g/mol. The second kappa shape index (κ2) is 34.7. The van der Waals surface area contributed by atoms with Gasteiger partial charge in [0.05, 0.1) is 44.8 Å². The molecule has 0 unspecified atom stereocenters. The molecule has 11 heteroatoms. The summed E-state index contributed by atoms with van der Waals surface area (Å²) in [5.74, 6) is 2.22. The predicted octanol–water partition coefficient (Wildman–Crippen LogP) is 24.9. The van der Waals surface area contributed by atoms with E-state index in [-0.39, 0.29) is 0 Å². The number of hydrogen-bond acceptors (Lipinski definition) is 6. The molecule has 0 saturated carbocycles. The molecule has 10 heterocycles. The van der Waals surface area contributed by atoms with E-state index >= 15 is 0 Å². The van der Waals surface area contributed by atoms with Crippen LogP contribution < -0.4 is 62.2 Å². The van der Waals surface area contributed by atoms with Gasteiger partial charge in [0.2, 0.25) is 0 Å². The molecule has 21 aromatic carbocycles. The first-order valence-corrected chi connectivity index (χ1v) is 57.7. The molecule has 32 rings (SSSR count). The summed E-state index contributed by atoms with van der Waals surface area (Å²) in [6.45, 7) is 0. The van der Waals surface area contributed by atoms with Crippen LogP contribution in [-0.2, 0) is 6.42 Å². The van der Waals surface area contributed by atoms with Crippen molar-refractivity contribution in [2.45, 2.75) is 6.42 Å². The normalized spacial score (nSPS) is 13.3. The third-order valence-corrected chi connectivity index (χ3v) is 47.1. The van der Waals surface area contributed by atoms with Crippen LogP contribution in [0.1, 0.15) is 11.1 Å². The predicted molar refractivity (Wildman–Crippen MR) is 627 cm³/mol. The first kappa shape index (κ1) is 86.6. The first-order chi connectivity index (χ1) is 74.4. The molecule has 0 atom stereocenters. The quantitative estimate of drug-likeness (QED) is 0.120. The van der Waals surface area contributed by atoms with E-state index in [0.29, 0.717) is 0 Å². The van der Waals surface area contributed by atoms with Crippen molar-refractivity contribution >= 4 is 130 Å². The molecule has 0 bridgehead atoms. The number of nitrogens with zero attached hydrogens (tertiary/aromatic N) is 8. The van der Waals surface area contributed by atoms with Gasteiger partial charge in [-0.05, 0) is 195 Å². The molecule has 5 aliphatic heterocycles. The van der Waals surface area contributed by atoms with E-state index in [4.69, 9.17) is 29.9 Å². The Labute approximate surface area is 871 Å². The fraction of sp³-hybridized carbons (Fsp3) is 0.00719. The maximum absolute atomic E-state index is 5.44. The number of para-hydroxylation sites is 4. The SMILES string of the molecule is c1ccc(-c2nc(-c3ccc4c(c3)-c3ccccc3[Si]4(c3ccccc3)c3ccccc3)c3c(n2)c2ccccc2n3-c2ccccc2)cc1.c1ccc(-c2nc(-c3ccc4c(c3)-c3ccccc3[Si]43c4ccccc4-c4ccccc43)c3c(n2)c2ccccc2n3-c2ccccc2)cc1.c1ccc(-c2nc(-c3ccccc3)c3c(n2)-c2cc(-c4ccc5c(c4)-c4ccccc4[Si]54c5ccccc5-c5ccccc54)ccc2C3)cc1. The van der Waals surface area contributed by atoms with Crippen LogP contribution in [0.2, 0.25) is 0 Å². The molecule has 2 spiro atoms. The van der Waals surface area contributed by atoms with E-state index in [1.165, 1.54) is 146 Å². The van der Waals surface area contributed by atoms with Crippen LogP contribution in [0, 0.1) is 0 Å². The number of aromatic nitrogens is 8. The minimum absolute atomic E-state index is 0.724. The van der Waals surface area contributed by atoms with Crippen LogP contribution in [-0.4, -0.2) is 63.3 Å². The highest BCUT2D eigenvalue weighted by Gasteiger charge is 2.56. The second-order valence-corrected chi connectivity index (χ2v) is 50.9. The van der Waals surface area contributed by atoms with E-state index < -0.39 is 24.2 Å². The second-order valence-electron chi connectivity index (χ2n) is 39.9. The van der Waals surface area contributed by atoms with Crippen molar-refractivity contribution in [3.63, 3.8) is 0 Å². The highest BCUT2D eigenvalue weighted by atomic mass is 28.3. The Bertz CT molecular complexity index is 9570. The van der Waals surface area contributed by atoms with Crippen molar-refractivity contribution in [3.8, 4) is 157 Å². The van der Waals surface area contributed by atoms with Crippen LogP contribution in [0.5, 0.6) is 0 Å². The summed E-state index contributed by atoms with van der Waals surface area (Å²) in [6.07, 6.45) is 0.828. The van der Waals surface area contributed by atoms with Gasteiger partial charge >= 0.3 is 0 Å². The Morgan fingerprint density at radius 2 is 0.433 bits per heavy atom. The van der Waals surface area contributed by atoms with Gasteiger partial charge in [-0.2, -0.15) is 0 Å². The summed E-state index contributed by atoms with van der Waals surface area (Å²) in [6, 6.07) is 195. The zero-order valence-electron chi connectivity index (χ0n) is 81.6. The number of hydrogen-bond donors (Lipinski definition) is 0. The van der Waals surface area contributed by atoms with Gasteiger partial charge < -0.3 is 9.13 Å². The average Bonchev–Trinajstić information content (AvgIpc) is 1.51. The molecule has 698 valence electrons. The Morgan fingerprint density at radius 1 is 0.173 bits per heavy atom. The van der Waals surface area contributed by atoms with Crippen molar-refractivity contribution in [1.82, 2.24) is 39.0 Å². The van der Waals surface area contributed by atoms with Crippen LogP contribution in [0.15, 0.2) is 534 Å². The van der Waals surface area contributed by atoms with E-state index in [9.17, 15) is 0 Å². The van der Waals surface area contributed by atoms with Gasteiger partial charge in [-0.25, -0.2) is 29.9 Å². The average molecular weight is 1960 g/mol. The standard InChI is InChI=1S/C47H30N2Si.C46H29N3Si.C46H31N3Si/c1-3-13-30(14-4-1)45-40-29-34-24-23-32(27-38(34)46(40)49-47(48-45)31-15-5-2-6-16-31)33-25-26-44-39(28-33)37-19-9-12-22-43(37)50(44)41-20-10-7-17-35(41)36-18-8-11-21-42(36)50;1-3-15-30(16-4-1)46-47-43(45-44(48-46)36-22-7-11-23-38(36)49(45)32-17-5-2-6-18-32)31-27-28-42-37(29-31)35-21-10-14-26-41(35)50(42)39-24-12-8-19-33(39)34-20-9-13-25-40(34)50;1-5-17-32(18-6-1)46-47-43(45-44(48-46)38-26-13-15-27-40(38)49(45)34-19-7-2-8-20-34)33-29-30-42-39(31-33)37-25-14-16-28-41(37)50(42,35-21-9-3-10-22-35)36-23-11-4-12-24-36/h1-28H,29H2;1-29H;1-31H. The Balaban J connectivity index is 0.000000103. The van der Waals surface area contributed by atoms with Crippen LogP contribution in [0.25, 0.3) is 201 Å². The van der Waals surface area contributed by atoms with Crippen LogP contribution in [0.4, 0.5) is 0 Å². The van der Waals surface area contributed by atoms with Gasteiger partial charge in [0.15, 0.2) is 41.7 Å². The molecule has 26 aromatic rings. The fourth-order valence-corrected chi connectivity index (χ4v) is 42.4. The zero-order valence-corrected chi connectivity index (χ0v) is 84.6. The molecule has 6 aliphatic rings. The van der Waals surface area contributed by atoms with Gasteiger partial charge in [0, 0.05) is 73.1 Å². The van der Waals surface area contributed by atoms with Crippen molar-refractivity contribution in [2.75, 3.05) is 0 Å². The van der Waals surface area contributed by atoms with Gasteiger partial charge in [-0.1, -0.05) is 473 Å². The minimum Gasteiger partial charge on any atom is -0.306 e. The Kier molecular flexibility index (Phi) is 20.0. The van der Waals surface area contributed by atoms with Crippen molar-refractivity contribution in [3.05, 3.63) is 545 Å². The summed E-state index contributed by atoms with van der Waals surface area (Å²) in [4.78, 5) is 31.9. The van der Waals surface area contributed by atoms with Gasteiger partial charge in [0.25, 0.3) is 0 Å². The van der Waals surface area contributed by atoms with Gasteiger partial charge in [-0.3, -0.25) is 0 Å². The summed E-state index contributed by atoms with van der Waals surface area (Å²) >= 11 is 0. The molecule has 0 fully saturated rings. The van der Waals surface area contributed by atoms with E-state index in [0.717, 1.165) is 135 Å². The van der Waals surface area contributed by atoms with Crippen LogP contribution >= 0.6 is 0 Å². The van der Waals surface area contributed by atoms with Gasteiger partial charge in [0.1, 0.15) is 11.0 Å². The number of fused-ring (bicyclic) bond motifs is 32. The van der Waals surface area contributed by atoms with E-state index in [1.807, 2.05) is 18.2 Å². The maximum Gasteiger partial charge on any atom is 0.182 e. The third kappa shape index (κ3) is 13.0. The molecule has 0 saturated heterocycles. The van der Waals surface area contributed by atoms with E-state index in [1.54, 1.807) is 0 Å². The summed E-state index contributed by atoms with van der Waals surface area (Å²) in [7, 11) is -7.55. The molecule has 1 aliphatic carbocycles. The summed E-state index contributed by atoms with van der Waals surface area (Å²) in [5.41, 5.74) is 38.3. The molecule has 5 aromatic heterocycles. The first-order valence-electron chi connectivity index (χ1n) is 51.7. The fourth-order valence-electron chi connectivity index (χ4n) is 26.1. The highest BCUT2D eigenvalue weighted by Crippen LogP contribution is 2.49. The lowest BCUT2D eigenvalue weighted by molar-refractivity contribution is 1.13. The molecule has 0 amide bonds. The summed E-state index contributed by atoms with van der Waals surface area (Å²) in [5, 5.41) is 19.8. The molecular formula is C139H90N8Si3. The maximum atomic E-state index is 5.44. The topological polar surface area (TPSA) is 87.2 Å². The number of rotatable bonds is 11. The number of benzene rings is 21. The van der Waals surface area contributed by atoms with Crippen molar-refractivity contribution < 1.29 is 0 Å². The lowest BCUT2D eigenvalue weighted by Gasteiger charge is -2.31. The van der Waals surface area contributed by atoms with E-state index in [2.05, 4.69) is 525 Å². The zero-order chi connectivity index (χ0) is 98.7. The Hall–Kier alpha value is -18.9. The Morgan fingerprint density at radius 3 is 0.813 bits per heavy atom. The van der Waals surface area contributed by atoms with Gasteiger partial charge in [-0.15, -0.1) is 0 Å². The smallest absolute Gasteiger partial charge is 0.182 e. The lowest BCUT2D eigenvalue weighted by Crippen LogP contribution is -2.72. The van der Waals surface area contributed by atoms with Crippen LogP contribution in [0.3, 0.4) is 0 Å². The monoisotopic (exact) mass is 1950 g/mol. The van der Waals surface area contributed by atoms with Crippen molar-refractivity contribution in [2.24, 2.45) is 0 Å². The lowest BCUT2D eigenvalue weighted by atomic mass is 9.96. The molecule has 8 nitrogen and oxygen atoms in total. The molecule has 0 radical (unpaired) electrons. The molecule has 150 heavy (non-hydrogen) atoms. The summed E-state index contributed by atoms with van der Waals surface area (Å²) < 4.78 is 4.68. The highest BCUT2D eigenvalue weighted by molar-refractivity contribution is 7.25.